The van der Waals surface area contributed by atoms with E-state index in [1.54, 1.807) is 23.1 Å². The van der Waals surface area contributed by atoms with Crippen LogP contribution in [0.4, 0.5) is 0 Å². The van der Waals surface area contributed by atoms with Gasteiger partial charge in [0.1, 0.15) is 15.4 Å². The summed E-state index contributed by atoms with van der Waals surface area (Å²) in [4.78, 5) is 22.8. The maximum atomic E-state index is 12.1. The fourth-order valence-electron chi connectivity index (χ4n) is 4.30. The molecule has 1 unspecified atom stereocenters. The summed E-state index contributed by atoms with van der Waals surface area (Å²) in [6, 6.07) is 22.8. The fraction of sp³-hybridized carbons (Fsp3) is 0.148. The van der Waals surface area contributed by atoms with Gasteiger partial charge in [0, 0.05) is 23.1 Å². The van der Waals surface area contributed by atoms with Crippen molar-refractivity contribution < 1.29 is 9.53 Å². The van der Waals surface area contributed by atoms with E-state index in [9.17, 15) is 4.79 Å². The number of thiazole rings is 1. The van der Waals surface area contributed by atoms with Crippen molar-refractivity contribution in [3.8, 4) is 11.3 Å². The van der Waals surface area contributed by atoms with E-state index in [0.29, 0.717) is 4.88 Å². The number of benzene rings is 2. The van der Waals surface area contributed by atoms with Crippen molar-refractivity contribution in [1.82, 2.24) is 4.98 Å². The van der Waals surface area contributed by atoms with Gasteiger partial charge in [0.2, 0.25) is 0 Å². The van der Waals surface area contributed by atoms with E-state index >= 15 is 0 Å². The third-order valence-corrected chi connectivity index (χ3v) is 9.06. The summed E-state index contributed by atoms with van der Waals surface area (Å²) in [6.45, 7) is 0. The lowest BCUT2D eigenvalue weighted by atomic mass is 9.76. The van der Waals surface area contributed by atoms with Gasteiger partial charge in [-0.2, -0.15) is 0 Å². The van der Waals surface area contributed by atoms with Crippen LogP contribution in [0.1, 0.15) is 31.7 Å². The van der Waals surface area contributed by atoms with Crippen LogP contribution in [-0.4, -0.2) is 30.5 Å². The van der Waals surface area contributed by atoms with Gasteiger partial charge in [-0.25, -0.2) is 9.78 Å². The highest BCUT2D eigenvalue weighted by molar-refractivity contribution is 8.00. The normalized spacial score (nSPS) is 16.9. The Kier molecular flexibility index (Phi) is 6.50. The van der Waals surface area contributed by atoms with Crippen molar-refractivity contribution in [2.24, 2.45) is 4.99 Å². The number of carbonyl (C=O) groups is 1. The van der Waals surface area contributed by atoms with Gasteiger partial charge in [-0.05, 0) is 35.6 Å². The number of aliphatic imine (C=N–C) groups is 1. The van der Waals surface area contributed by atoms with Gasteiger partial charge in [-0.3, -0.25) is 4.99 Å². The third kappa shape index (κ3) is 4.04. The fourth-order valence-corrected chi connectivity index (χ4v) is 7.08. The standard InChI is InChI=1S/C27H22N2O2S3/c1-31-24(30)22-16-20(25(32-2)34-22)21-17-33-26(29-21)27(14-9-15-28-27)23(18-10-5-3-6-11-18)19-12-7-4-8-13-19/h3-17,23H,1-2H3. The number of nitrogens with zero attached hydrogens (tertiary/aromatic N) is 2. The Balaban J connectivity index is 1.64. The second-order valence-corrected chi connectivity index (χ2v) is 10.7. The number of hydrogen-bond donors (Lipinski definition) is 0. The molecular weight excluding hydrogens is 481 g/mol. The van der Waals surface area contributed by atoms with Gasteiger partial charge in [0.15, 0.2) is 0 Å². The molecule has 1 aliphatic rings. The quantitative estimate of drug-likeness (QED) is 0.201. The Morgan fingerprint density at radius 2 is 1.74 bits per heavy atom. The molecule has 0 saturated heterocycles. The minimum Gasteiger partial charge on any atom is -0.465 e. The summed E-state index contributed by atoms with van der Waals surface area (Å²) in [5.74, 6) is -0.355. The van der Waals surface area contributed by atoms with Crippen LogP contribution < -0.4 is 0 Å². The molecule has 1 aliphatic heterocycles. The molecule has 4 nitrogen and oxygen atoms in total. The van der Waals surface area contributed by atoms with Gasteiger partial charge in [0.05, 0.1) is 17.0 Å². The average molecular weight is 503 g/mol. The molecule has 0 amide bonds. The number of ether oxygens (including phenoxy) is 1. The van der Waals surface area contributed by atoms with E-state index in [1.807, 2.05) is 36.7 Å². The molecule has 7 heteroatoms. The molecule has 4 aromatic rings. The molecule has 0 N–H and O–H groups in total. The number of esters is 1. The number of aromatic nitrogens is 1. The second-order valence-electron chi connectivity index (χ2n) is 7.76. The average Bonchev–Trinajstić information content (AvgIpc) is 3.65. The largest absolute Gasteiger partial charge is 0.465 e. The Morgan fingerprint density at radius 3 is 2.29 bits per heavy atom. The smallest absolute Gasteiger partial charge is 0.348 e. The molecule has 0 radical (unpaired) electrons. The lowest BCUT2D eigenvalue weighted by Crippen LogP contribution is -2.29. The highest BCUT2D eigenvalue weighted by Gasteiger charge is 2.43. The molecule has 2 aromatic carbocycles. The number of methoxy groups -OCH3 is 1. The first-order valence-corrected chi connectivity index (χ1v) is 13.6. The Labute approximate surface area is 211 Å². The Hall–Kier alpha value is -3.00. The van der Waals surface area contributed by atoms with Gasteiger partial charge in [-0.15, -0.1) is 34.4 Å². The minimum atomic E-state index is -0.646. The number of rotatable bonds is 7. The molecule has 2 aromatic heterocycles. The van der Waals surface area contributed by atoms with Gasteiger partial charge < -0.3 is 4.74 Å². The van der Waals surface area contributed by atoms with Crippen molar-refractivity contribution in [2.45, 2.75) is 15.7 Å². The van der Waals surface area contributed by atoms with Crippen LogP contribution in [0.15, 0.2) is 93.5 Å². The van der Waals surface area contributed by atoms with E-state index < -0.39 is 5.54 Å². The van der Waals surface area contributed by atoms with Gasteiger partial charge >= 0.3 is 5.97 Å². The molecule has 0 fully saturated rings. The van der Waals surface area contributed by atoms with Gasteiger partial charge in [-0.1, -0.05) is 60.7 Å². The van der Waals surface area contributed by atoms with E-state index in [0.717, 1.165) is 20.5 Å². The molecule has 170 valence electrons. The summed E-state index contributed by atoms with van der Waals surface area (Å²) in [5, 5.41) is 2.98. The summed E-state index contributed by atoms with van der Waals surface area (Å²) in [5.41, 5.74) is 3.53. The third-order valence-electron chi connectivity index (χ3n) is 5.82. The molecule has 0 bridgehead atoms. The number of hydrogen-bond acceptors (Lipinski definition) is 7. The monoisotopic (exact) mass is 502 g/mol. The van der Waals surface area contributed by atoms with Crippen molar-refractivity contribution in [1.29, 1.82) is 0 Å². The molecule has 5 rings (SSSR count). The second kappa shape index (κ2) is 9.70. The van der Waals surface area contributed by atoms with Crippen molar-refractivity contribution in [3.05, 3.63) is 105 Å². The summed E-state index contributed by atoms with van der Waals surface area (Å²) in [6.07, 6.45) is 8.04. The first-order chi connectivity index (χ1) is 16.7. The molecule has 3 heterocycles. The van der Waals surface area contributed by atoms with Crippen LogP contribution in [0, 0.1) is 0 Å². The van der Waals surface area contributed by atoms with E-state index in [1.165, 1.54) is 29.6 Å². The predicted molar refractivity (Wildman–Crippen MR) is 143 cm³/mol. The molecule has 0 aliphatic carbocycles. The highest BCUT2D eigenvalue weighted by Crippen LogP contribution is 2.49. The number of allylic oxidation sites excluding steroid dienone is 1. The number of thioether (sulfide) groups is 1. The number of thiophene rings is 1. The van der Waals surface area contributed by atoms with Crippen LogP contribution in [0.3, 0.4) is 0 Å². The van der Waals surface area contributed by atoms with Gasteiger partial charge in [0.25, 0.3) is 0 Å². The predicted octanol–water partition coefficient (Wildman–Crippen LogP) is 7.05. The molecule has 1 atom stereocenters. The van der Waals surface area contributed by atoms with Crippen LogP contribution in [0.2, 0.25) is 0 Å². The molecule has 0 spiro atoms. The maximum absolute atomic E-state index is 12.1. The number of carbonyl (C=O) groups excluding carboxylic acids is 1. The van der Waals surface area contributed by atoms with E-state index in [2.05, 4.69) is 60.0 Å². The van der Waals surface area contributed by atoms with E-state index in [4.69, 9.17) is 14.7 Å². The highest BCUT2D eigenvalue weighted by atomic mass is 32.2. The maximum Gasteiger partial charge on any atom is 0.348 e. The Morgan fingerprint density at radius 1 is 1.06 bits per heavy atom. The molecule has 34 heavy (non-hydrogen) atoms. The Bertz CT molecular complexity index is 1310. The summed E-state index contributed by atoms with van der Waals surface area (Å²) in [7, 11) is 1.41. The minimum absolute atomic E-state index is 0.0305. The molecule has 0 saturated carbocycles. The first-order valence-electron chi connectivity index (χ1n) is 10.7. The topological polar surface area (TPSA) is 51.5 Å². The van der Waals surface area contributed by atoms with Crippen LogP contribution in [0.5, 0.6) is 0 Å². The zero-order valence-corrected chi connectivity index (χ0v) is 21.1. The van der Waals surface area contributed by atoms with Crippen LogP contribution >= 0.6 is 34.4 Å². The summed E-state index contributed by atoms with van der Waals surface area (Å²) >= 11 is 4.65. The lowest BCUT2D eigenvalue weighted by Gasteiger charge is -2.33. The molecular formula is C27H22N2O2S3. The first kappa shape index (κ1) is 22.8. The van der Waals surface area contributed by atoms with E-state index in [-0.39, 0.29) is 11.9 Å². The SMILES string of the molecule is COC(=O)c1cc(-c2csc(C3(C(c4ccccc4)c4ccccc4)C=CC=N3)n2)c(SC)s1. The lowest BCUT2D eigenvalue weighted by molar-refractivity contribution is 0.0606. The van der Waals surface area contributed by atoms with Crippen LogP contribution in [0.25, 0.3) is 11.3 Å². The van der Waals surface area contributed by atoms with Crippen molar-refractivity contribution >= 4 is 46.6 Å². The zero-order valence-electron chi connectivity index (χ0n) is 18.7. The van der Waals surface area contributed by atoms with Crippen molar-refractivity contribution in [2.75, 3.05) is 13.4 Å². The van der Waals surface area contributed by atoms with Crippen molar-refractivity contribution in [3.63, 3.8) is 0 Å². The zero-order chi connectivity index (χ0) is 23.5. The van der Waals surface area contributed by atoms with Crippen LogP contribution in [-0.2, 0) is 10.3 Å². The summed E-state index contributed by atoms with van der Waals surface area (Å²) < 4.78 is 5.97.